The highest BCUT2D eigenvalue weighted by atomic mass is 35.5. The zero-order chi connectivity index (χ0) is 7.70. The molecule has 0 aromatic carbocycles. The molecule has 5 heteroatoms. The molecule has 0 bridgehead atoms. The summed E-state index contributed by atoms with van der Waals surface area (Å²) >= 11 is 0. The van der Waals surface area contributed by atoms with Crippen LogP contribution in [0.4, 0.5) is 4.79 Å². The van der Waals surface area contributed by atoms with Crippen LogP contribution in [0.3, 0.4) is 0 Å². The summed E-state index contributed by atoms with van der Waals surface area (Å²) in [6.07, 6.45) is 2.39. The third-order valence-corrected chi connectivity index (χ3v) is 0.558. The third kappa shape index (κ3) is 138. The first-order valence-corrected chi connectivity index (χ1v) is 2.90. The molecular weight excluding hydrogens is 154 g/mol. The Kier molecular flexibility index (Phi) is 25.7. The first kappa shape index (κ1) is 16.3. The highest BCUT2D eigenvalue weighted by molar-refractivity contribution is 5.85. The molecule has 0 unspecified atom stereocenters. The second-order valence-electron chi connectivity index (χ2n) is 1.54. The van der Waals surface area contributed by atoms with Gasteiger partial charge in [0.15, 0.2) is 0 Å². The second kappa shape index (κ2) is 15.8. The van der Waals surface area contributed by atoms with Crippen LogP contribution in [0.25, 0.3) is 0 Å². The van der Waals surface area contributed by atoms with Gasteiger partial charge in [-0.2, -0.15) is 0 Å². The molecule has 10 heavy (non-hydrogen) atoms. The largest absolute Gasteiger partial charge is 0.352 e. The quantitative estimate of drug-likeness (QED) is 0.551. The van der Waals surface area contributed by atoms with Gasteiger partial charge in [0, 0.05) is 0 Å². The van der Waals surface area contributed by atoms with Crippen LogP contribution in [-0.4, -0.2) is 12.6 Å². The summed E-state index contributed by atoms with van der Waals surface area (Å²) in [5, 5.41) is 0. The average Bonchev–Trinajstić information content (AvgIpc) is 1.66. The van der Waals surface area contributed by atoms with Crippen molar-refractivity contribution in [3.05, 3.63) is 0 Å². The summed E-state index contributed by atoms with van der Waals surface area (Å²) in [6.45, 7) is 2.98. The van der Waals surface area contributed by atoms with E-state index in [2.05, 4.69) is 18.4 Å². The van der Waals surface area contributed by atoms with Crippen LogP contribution >= 0.6 is 12.4 Å². The summed E-state index contributed by atoms with van der Waals surface area (Å²) in [7, 11) is 0. The Labute approximate surface area is 67.5 Å². The zero-order valence-corrected chi connectivity index (χ0v) is 6.99. The first-order chi connectivity index (χ1) is 4.15. The van der Waals surface area contributed by atoms with E-state index >= 15 is 0 Å². The molecule has 0 radical (unpaired) electrons. The number of nitrogens with two attached hydrogens (primary N) is 3. The Bertz CT molecular complexity index is 63.9. The SMILES string of the molecule is CCCCN.Cl.NC(N)=O. The van der Waals surface area contributed by atoms with Gasteiger partial charge in [0.25, 0.3) is 0 Å². The van der Waals surface area contributed by atoms with Gasteiger partial charge < -0.3 is 17.2 Å². The molecule has 0 atom stereocenters. The predicted octanol–water partition coefficient (Wildman–Crippen LogP) is 0.191. The third-order valence-electron chi connectivity index (χ3n) is 0.558. The number of carbonyl (C=O) groups excluding carboxylic acids is 1. The summed E-state index contributed by atoms with van der Waals surface area (Å²) < 4.78 is 0. The molecule has 2 amide bonds. The lowest BCUT2D eigenvalue weighted by molar-refractivity contribution is 0.256. The van der Waals surface area contributed by atoms with Crippen molar-refractivity contribution in [2.75, 3.05) is 6.54 Å². The number of hydrogen-bond acceptors (Lipinski definition) is 2. The Hall–Kier alpha value is -0.480. The number of hydrogen-bond donors (Lipinski definition) is 3. The zero-order valence-electron chi connectivity index (χ0n) is 6.17. The highest BCUT2D eigenvalue weighted by Crippen LogP contribution is 1.77. The van der Waals surface area contributed by atoms with E-state index in [1.165, 1.54) is 12.8 Å². The molecule has 0 aliphatic heterocycles. The lowest BCUT2D eigenvalue weighted by Gasteiger charge is -1.80. The smallest absolute Gasteiger partial charge is 0.309 e. The van der Waals surface area contributed by atoms with E-state index in [4.69, 9.17) is 10.5 Å². The van der Waals surface area contributed by atoms with Crippen LogP contribution in [-0.2, 0) is 0 Å². The number of halogens is 1. The minimum atomic E-state index is -0.833. The van der Waals surface area contributed by atoms with Gasteiger partial charge in [-0.3, -0.25) is 0 Å². The Balaban J connectivity index is -0.0000000910. The molecule has 0 rings (SSSR count). The molecule has 4 nitrogen and oxygen atoms in total. The van der Waals surface area contributed by atoms with Gasteiger partial charge in [-0.05, 0) is 13.0 Å². The summed E-state index contributed by atoms with van der Waals surface area (Å²) in [6, 6.07) is -0.833. The van der Waals surface area contributed by atoms with Gasteiger partial charge in [-0.1, -0.05) is 13.3 Å². The fourth-order valence-electron chi connectivity index (χ4n) is 0.204. The fraction of sp³-hybridized carbons (Fsp3) is 0.800. The lowest BCUT2D eigenvalue weighted by Crippen LogP contribution is -2.18. The Morgan fingerprint density at radius 2 is 1.70 bits per heavy atom. The number of carbonyl (C=O) groups is 1. The molecular formula is C5H16ClN3O. The summed E-state index contributed by atoms with van der Waals surface area (Å²) in [5.41, 5.74) is 13.6. The second-order valence-corrected chi connectivity index (χ2v) is 1.54. The molecule has 6 N–H and O–H groups in total. The van der Waals surface area contributed by atoms with Crippen molar-refractivity contribution in [3.63, 3.8) is 0 Å². The van der Waals surface area contributed by atoms with Gasteiger partial charge >= 0.3 is 6.03 Å². The van der Waals surface area contributed by atoms with Gasteiger partial charge in [0.05, 0.1) is 0 Å². The van der Waals surface area contributed by atoms with E-state index in [1.54, 1.807) is 0 Å². The number of unbranched alkanes of at least 4 members (excludes halogenated alkanes) is 1. The van der Waals surface area contributed by atoms with Crippen molar-refractivity contribution in [3.8, 4) is 0 Å². The van der Waals surface area contributed by atoms with Gasteiger partial charge in [-0.15, -0.1) is 12.4 Å². The van der Waals surface area contributed by atoms with E-state index < -0.39 is 6.03 Å². The van der Waals surface area contributed by atoms with Crippen molar-refractivity contribution in [2.45, 2.75) is 19.8 Å². The molecule has 0 aliphatic carbocycles. The first-order valence-electron chi connectivity index (χ1n) is 2.90. The van der Waals surface area contributed by atoms with Crippen LogP contribution in [0.1, 0.15) is 19.8 Å². The van der Waals surface area contributed by atoms with Crippen LogP contribution in [0, 0.1) is 0 Å². The molecule has 64 valence electrons. The standard InChI is InChI=1S/C4H11N.CH4N2O.ClH/c1-2-3-4-5;2-1(3)4;/h2-5H2,1H3;(H4,2,3,4);1H. The number of amides is 2. The maximum atomic E-state index is 9.00. The minimum absolute atomic E-state index is 0. The van der Waals surface area contributed by atoms with E-state index in [-0.39, 0.29) is 12.4 Å². The molecule has 0 heterocycles. The molecule has 0 aromatic rings. The maximum absolute atomic E-state index is 9.00. The predicted molar refractivity (Wildman–Crippen MR) is 45.0 cm³/mol. The number of primary amides is 2. The summed E-state index contributed by atoms with van der Waals surface area (Å²) in [4.78, 5) is 9.00. The molecule has 0 aromatic heterocycles. The van der Waals surface area contributed by atoms with Crippen molar-refractivity contribution in [2.24, 2.45) is 17.2 Å². The van der Waals surface area contributed by atoms with Crippen LogP contribution in [0.15, 0.2) is 0 Å². The van der Waals surface area contributed by atoms with Crippen molar-refractivity contribution in [1.29, 1.82) is 0 Å². The van der Waals surface area contributed by atoms with Gasteiger partial charge in [-0.25, -0.2) is 4.79 Å². The maximum Gasteiger partial charge on any atom is 0.309 e. The van der Waals surface area contributed by atoms with Gasteiger partial charge in [0.1, 0.15) is 0 Å². The molecule has 0 aliphatic rings. The lowest BCUT2D eigenvalue weighted by atomic mass is 10.3. The van der Waals surface area contributed by atoms with Crippen molar-refractivity contribution < 1.29 is 4.79 Å². The molecule has 0 saturated heterocycles. The number of urea groups is 1. The van der Waals surface area contributed by atoms with E-state index in [0.29, 0.717) is 0 Å². The van der Waals surface area contributed by atoms with Gasteiger partial charge in [0.2, 0.25) is 0 Å². The topological polar surface area (TPSA) is 95.1 Å². The molecule has 0 fully saturated rings. The van der Waals surface area contributed by atoms with Crippen molar-refractivity contribution >= 4 is 18.4 Å². The van der Waals surface area contributed by atoms with Crippen LogP contribution in [0.2, 0.25) is 0 Å². The van der Waals surface area contributed by atoms with E-state index in [0.717, 1.165) is 6.54 Å². The summed E-state index contributed by atoms with van der Waals surface area (Å²) in [5.74, 6) is 0. The van der Waals surface area contributed by atoms with Crippen LogP contribution in [0.5, 0.6) is 0 Å². The van der Waals surface area contributed by atoms with E-state index in [1.807, 2.05) is 0 Å². The molecule has 0 spiro atoms. The Morgan fingerprint density at radius 3 is 1.70 bits per heavy atom. The Morgan fingerprint density at radius 1 is 1.40 bits per heavy atom. The van der Waals surface area contributed by atoms with E-state index in [9.17, 15) is 0 Å². The van der Waals surface area contributed by atoms with Crippen LogP contribution < -0.4 is 17.2 Å². The molecule has 0 saturated carbocycles. The average molecular weight is 170 g/mol. The van der Waals surface area contributed by atoms with Crippen molar-refractivity contribution in [1.82, 2.24) is 0 Å². The number of rotatable bonds is 2. The monoisotopic (exact) mass is 169 g/mol. The highest BCUT2D eigenvalue weighted by Gasteiger charge is 1.67. The minimum Gasteiger partial charge on any atom is -0.352 e. The normalized spacial score (nSPS) is 6.60. The fourth-order valence-corrected chi connectivity index (χ4v) is 0.204.